The van der Waals surface area contributed by atoms with Crippen molar-refractivity contribution in [1.29, 1.82) is 0 Å². The highest BCUT2D eigenvalue weighted by atomic mass is 16.4. The van der Waals surface area contributed by atoms with E-state index in [-0.39, 0.29) is 0 Å². The Kier molecular flexibility index (Phi) is 5.13. The Morgan fingerprint density at radius 1 is 1.56 bits per heavy atom. The van der Waals surface area contributed by atoms with E-state index in [9.17, 15) is 4.79 Å². The maximum absolute atomic E-state index is 11.1. The zero-order valence-corrected chi connectivity index (χ0v) is 11.6. The van der Waals surface area contributed by atoms with Gasteiger partial charge in [0.25, 0.3) is 0 Å². The molecule has 0 radical (unpaired) electrons. The number of hydrogen-bond donors (Lipinski definition) is 1. The molecule has 1 aromatic heterocycles. The van der Waals surface area contributed by atoms with E-state index < -0.39 is 5.97 Å². The first-order valence-electron chi connectivity index (χ1n) is 6.28. The molecule has 0 saturated heterocycles. The maximum atomic E-state index is 11.1. The average molecular weight is 250 g/mol. The van der Waals surface area contributed by atoms with Crippen LogP contribution in [0.3, 0.4) is 0 Å². The zero-order valence-electron chi connectivity index (χ0n) is 11.6. The normalized spacial score (nSPS) is 12.2. The molecule has 0 saturated carbocycles. The molecule has 18 heavy (non-hydrogen) atoms. The minimum atomic E-state index is -0.901. The Morgan fingerprint density at radius 2 is 2.22 bits per heavy atom. The van der Waals surface area contributed by atoms with Crippen molar-refractivity contribution >= 4 is 5.97 Å². The Bertz CT molecular complexity index is 443. The van der Waals surface area contributed by atoms with E-state index in [1.165, 1.54) is 5.57 Å². The highest BCUT2D eigenvalue weighted by Gasteiger charge is 2.16. The van der Waals surface area contributed by atoms with Crippen LogP contribution < -0.4 is 0 Å². The van der Waals surface area contributed by atoms with Crippen molar-refractivity contribution in [3.8, 4) is 0 Å². The van der Waals surface area contributed by atoms with Crippen molar-refractivity contribution in [2.24, 2.45) is 13.0 Å². The highest BCUT2D eigenvalue weighted by Crippen LogP contribution is 2.16. The maximum Gasteiger partial charge on any atom is 0.354 e. The average Bonchev–Trinajstić information content (AvgIpc) is 2.65. The minimum Gasteiger partial charge on any atom is -0.477 e. The first-order valence-corrected chi connectivity index (χ1v) is 6.28. The standard InChI is InChI=1S/C14H22N2O2/c1-10(2)5-6-11(3)7-8-12-13(14(17)18)16(4)9-15-12/h5,9,11H,6-8H2,1-4H3,(H,17,18)/t11-/m1/s1. The molecular formula is C14H22N2O2. The molecule has 0 amide bonds. The van der Waals surface area contributed by atoms with E-state index in [0.29, 0.717) is 17.3 Å². The molecule has 4 nitrogen and oxygen atoms in total. The Morgan fingerprint density at radius 3 is 2.78 bits per heavy atom. The molecule has 1 N–H and O–H groups in total. The predicted octanol–water partition coefficient (Wildman–Crippen LogP) is 3.04. The van der Waals surface area contributed by atoms with Crippen LogP contribution in [0.2, 0.25) is 0 Å². The van der Waals surface area contributed by atoms with Crippen LogP contribution in [0.5, 0.6) is 0 Å². The van der Waals surface area contributed by atoms with Crippen molar-refractivity contribution in [2.45, 2.75) is 40.0 Å². The van der Waals surface area contributed by atoms with Crippen molar-refractivity contribution in [3.05, 3.63) is 29.4 Å². The van der Waals surface area contributed by atoms with Crippen molar-refractivity contribution in [2.75, 3.05) is 0 Å². The van der Waals surface area contributed by atoms with Gasteiger partial charge < -0.3 is 9.67 Å². The molecule has 0 aromatic carbocycles. The van der Waals surface area contributed by atoms with E-state index >= 15 is 0 Å². The summed E-state index contributed by atoms with van der Waals surface area (Å²) in [5, 5.41) is 9.11. The van der Waals surface area contributed by atoms with Gasteiger partial charge in [-0.15, -0.1) is 0 Å². The molecule has 0 aliphatic carbocycles. The summed E-state index contributed by atoms with van der Waals surface area (Å²) < 4.78 is 1.57. The van der Waals surface area contributed by atoms with E-state index in [0.717, 1.165) is 19.3 Å². The number of allylic oxidation sites excluding steroid dienone is 2. The number of hydrogen-bond acceptors (Lipinski definition) is 2. The van der Waals surface area contributed by atoms with Gasteiger partial charge in [0, 0.05) is 7.05 Å². The summed E-state index contributed by atoms with van der Waals surface area (Å²) in [4.78, 5) is 15.3. The molecule has 4 heteroatoms. The van der Waals surface area contributed by atoms with Gasteiger partial charge in [-0.25, -0.2) is 9.78 Å². The second-order valence-corrected chi connectivity index (χ2v) is 5.12. The molecule has 0 aliphatic rings. The molecule has 1 rings (SSSR count). The van der Waals surface area contributed by atoms with Gasteiger partial charge in [0.05, 0.1) is 12.0 Å². The lowest BCUT2D eigenvalue weighted by Gasteiger charge is -2.08. The number of rotatable bonds is 6. The largest absolute Gasteiger partial charge is 0.477 e. The summed E-state index contributed by atoms with van der Waals surface area (Å²) in [5.41, 5.74) is 2.32. The minimum absolute atomic E-state index is 0.310. The summed E-state index contributed by atoms with van der Waals surface area (Å²) in [7, 11) is 1.71. The molecular weight excluding hydrogens is 228 g/mol. The van der Waals surface area contributed by atoms with E-state index in [4.69, 9.17) is 5.11 Å². The van der Waals surface area contributed by atoms with Gasteiger partial charge in [-0.1, -0.05) is 18.6 Å². The van der Waals surface area contributed by atoms with Crippen LogP contribution in [-0.2, 0) is 13.5 Å². The van der Waals surface area contributed by atoms with Gasteiger partial charge in [0.15, 0.2) is 0 Å². The van der Waals surface area contributed by atoms with E-state index in [1.807, 2.05) is 0 Å². The van der Waals surface area contributed by atoms with Crippen LogP contribution in [-0.4, -0.2) is 20.6 Å². The van der Waals surface area contributed by atoms with Gasteiger partial charge in [-0.3, -0.25) is 0 Å². The Balaban J connectivity index is 2.59. The molecule has 0 fully saturated rings. The topological polar surface area (TPSA) is 55.1 Å². The molecule has 100 valence electrons. The molecule has 0 bridgehead atoms. The van der Waals surface area contributed by atoms with Gasteiger partial charge in [-0.2, -0.15) is 0 Å². The van der Waals surface area contributed by atoms with E-state index in [2.05, 4.69) is 31.8 Å². The lowest BCUT2D eigenvalue weighted by Crippen LogP contribution is -2.08. The summed E-state index contributed by atoms with van der Waals surface area (Å²) in [5.74, 6) is -0.356. The highest BCUT2D eigenvalue weighted by molar-refractivity contribution is 5.87. The SMILES string of the molecule is CC(C)=CC[C@@H](C)CCc1ncn(C)c1C(=O)O. The quantitative estimate of drug-likeness (QED) is 0.789. The number of aromatic carboxylic acids is 1. The van der Waals surface area contributed by atoms with Crippen LogP contribution in [0, 0.1) is 5.92 Å². The van der Waals surface area contributed by atoms with Crippen LogP contribution in [0.15, 0.2) is 18.0 Å². The molecule has 1 heterocycles. The lowest BCUT2D eigenvalue weighted by molar-refractivity contribution is 0.0685. The van der Waals surface area contributed by atoms with Crippen LogP contribution in [0.4, 0.5) is 0 Å². The number of aromatic nitrogens is 2. The number of aryl methyl sites for hydroxylation is 2. The van der Waals surface area contributed by atoms with Crippen molar-refractivity contribution < 1.29 is 9.90 Å². The first kappa shape index (κ1) is 14.5. The van der Waals surface area contributed by atoms with Gasteiger partial charge in [-0.05, 0) is 39.0 Å². The molecule has 1 aromatic rings. The Labute approximate surface area is 108 Å². The monoisotopic (exact) mass is 250 g/mol. The summed E-state index contributed by atoms with van der Waals surface area (Å²) in [6.45, 7) is 6.37. The van der Waals surface area contributed by atoms with E-state index in [1.54, 1.807) is 17.9 Å². The van der Waals surface area contributed by atoms with Crippen molar-refractivity contribution in [1.82, 2.24) is 9.55 Å². The predicted molar refractivity (Wildman–Crippen MR) is 71.7 cm³/mol. The molecule has 0 aliphatic heterocycles. The summed E-state index contributed by atoms with van der Waals surface area (Å²) in [6, 6.07) is 0. The number of carboxylic acid groups (broad SMARTS) is 1. The fourth-order valence-electron chi connectivity index (χ4n) is 1.87. The third kappa shape index (κ3) is 4.02. The number of nitrogens with zero attached hydrogens (tertiary/aromatic N) is 2. The third-order valence-corrected chi connectivity index (χ3v) is 3.02. The smallest absolute Gasteiger partial charge is 0.354 e. The fraction of sp³-hybridized carbons (Fsp3) is 0.571. The van der Waals surface area contributed by atoms with Crippen LogP contribution in [0.25, 0.3) is 0 Å². The summed E-state index contributed by atoms with van der Waals surface area (Å²) in [6.07, 6.45) is 6.51. The van der Waals surface area contributed by atoms with Crippen LogP contribution in [0.1, 0.15) is 49.8 Å². The fourth-order valence-corrected chi connectivity index (χ4v) is 1.87. The third-order valence-electron chi connectivity index (χ3n) is 3.02. The van der Waals surface area contributed by atoms with Crippen molar-refractivity contribution in [3.63, 3.8) is 0 Å². The Hall–Kier alpha value is -1.58. The lowest BCUT2D eigenvalue weighted by atomic mass is 9.99. The second-order valence-electron chi connectivity index (χ2n) is 5.12. The first-order chi connectivity index (χ1) is 8.41. The van der Waals surface area contributed by atoms with Gasteiger partial charge in [0.1, 0.15) is 5.69 Å². The summed E-state index contributed by atoms with van der Waals surface area (Å²) >= 11 is 0. The molecule has 1 atom stereocenters. The number of carboxylic acids is 1. The zero-order chi connectivity index (χ0) is 13.7. The molecule has 0 unspecified atom stereocenters. The van der Waals surface area contributed by atoms with Gasteiger partial charge in [0.2, 0.25) is 0 Å². The number of imidazole rings is 1. The number of carbonyl (C=O) groups is 1. The van der Waals surface area contributed by atoms with Crippen LogP contribution >= 0.6 is 0 Å². The van der Waals surface area contributed by atoms with Gasteiger partial charge >= 0.3 is 5.97 Å². The second kappa shape index (κ2) is 6.38. The molecule has 0 spiro atoms.